The molecule has 2 aromatic carbocycles. The van der Waals surface area contributed by atoms with Crippen LogP contribution in [-0.4, -0.2) is 90.2 Å². The topological polar surface area (TPSA) is 168 Å². The van der Waals surface area contributed by atoms with Crippen LogP contribution in [0.25, 0.3) is 0 Å². The number of ether oxygens (including phenoxy) is 1. The highest BCUT2D eigenvalue weighted by molar-refractivity contribution is 9.10. The van der Waals surface area contributed by atoms with Gasteiger partial charge in [-0.15, -0.1) is 0 Å². The molecule has 0 saturated carbocycles. The van der Waals surface area contributed by atoms with Crippen LogP contribution in [0.3, 0.4) is 0 Å². The van der Waals surface area contributed by atoms with Gasteiger partial charge >= 0.3 is 0 Å². The normalized spacial score (nSPS) is 11.7. The molecule has 0 amide bonds. The van der Waals surface area contributed by atoms with E-state index >= 15 is 0 Å². The molecule has 0 spiro atoms. The second kappa shape index (κ2) is 14.4. The highest BCUT2D eigenvalue weighted by Gasteiger charge is 2.27. The second-order valence-electron chi connectivity index (χ2n) is 8.44. The van der Waals surface area contributed by atoms with E-state index < -0.39 is 15.7 Å². The number of carbonyl (C=O) groups excluding carboxylic acids is 1. The van der Waals surface area contributed by atoms with E-state index in [2.05, 4.69) is 22.0 Å². The first-order valence-corrected chi connectivity index (χ1v) is 13.1. The number of benzene rings is 2. The van der Waals surface area contributed by atoms with Crippen molar-refractivity contribution in [3.05, 3.63) is 58.6 Å². The van der Waals surface area contributed by atoms with Crippen molar-refractivity contribution in [2.75, 3.05) is 46.0 Å². The van der Waals surface area contributed by atoms with E-state index in [1.54, 1.807) is 24.3 Å². The van der Waals surface area contributed by atoms with E-state index in [-0.39, 0.29) is 34.9 Å². The Morgan fingerprint density at radius 1 is 1.06 bits per heavy atom. The average Bonchev–Trinajstić information content (AvgIpc) is 2.79. The number of nitrogens with zero attached hydrogens (tertiary/aromatic N) is 2. The predicted octanol–water partition coefficient (Wildman–Crippen LogP) is 1.70. The standard InChI is InChI=1S/C18H27N2O5.C6H5BrO3S/c1-18(2,24)17(23)15-3-5-16(6-4-15)25-14-11-20(8-7-19,9-12-21)10-13-22;7-5-1-3-6(4-2-5)11(8,9)10/h3-6,21-22,24H,8-14H2,1-2H3;1-4H,(H,8,9,10)/q+1;/p-1. The third-order valence-electron chi connectivity index (χ3n) is 5.16. The largest absolute Gasteiger partial charge is 0.744 e. The van der Waals surface area contributed by atoms with Crippen LogP contribution >= 0.6 is 15.9 Å². The van der Waals surface area contributed by atoms with Crippen molar-refractivity contribution >= 4 is 31.8 Å². The lowest BCUT2D eigenvalue weighted by Gasteiger charge is -2.35. The molecule has 0 heterocycles. The minimum absolute atomic E-state index is 0.0740. The molecule has 0 fully saturated rings. The Kier molecular flexibility index (Phi) is 12.7. The molecule has 0 atom stereocenters. The van der Waals surface area contributed by atoms with E-state index in [9.17, 15) is 33.1 Å². The summed E-state index contributed by atoms with van der Waals surface area (Å²) < 4.78 is 37.8. The Labute approximate surface area is 219 Å². The first kappa shape index (κ1) is 31.7. The zero-order chi connectivity index (χ0) is 27.4. The zero-order valence-corrected chi connectivity index (χ0v) is 22.5. The van der Waals surface area contributed by atoms with Gasteiger partial charge in [-0.2, -0.15) is 5.26 Å². The molecule has 198 valence electrons. The van der Waals surface area contributed by atoms with Crippen molar-refractivity contribution in [1.29, 1.82) is 5.26 Å². The summed E-state index contributed by atoms with van der Waals surface area (Å²) in [5.41, 5.74) is -1.03. The van der Waals surface area contributed by atoms with Gasteiger partial charge in [0.1, 0.15) is 53.8 Å². The summed E-state index contributed by atoms with van der Waals surface area (Å²) in [5, 5.41) is 37.2. The van der Waals surface area contributed by atoms with E-state index in [0.717, 1.165) is 4.47 Å². The second-order valence-corrected chi connectivity index (χ2v) is 10.7. The van der Waals surface area contributed by atoms with Gasteiger partial charge in [0.05, 0.1) is 18.1 Å². The summed E-state index contributed by atoms with van der Waals surface area (Å²) in [5.74, 6) is 0.199. The quantitative estimate of drug-likeness (QED) is 0.145. The molecular formula is C24H31BrN2O8S. The number of aliphatic hydroxyl groups excluding tert-OH is 2. The number of rotatable bonds is 12. The van der Waals surface area contributed by atoms with E-state index in [1.807, 2.05) is 0 Å². The number of quaternary nitrogens is 1. The van der Waals surface area contributed by atoms with Crippen LogP contribution in [0.4, 0.5) is 0 Å². The van der Waals surface area contributed by atoms with Gasteiger partial charge in [-0.1, -0.05) is 15.9 Å². The molecule has 10 nitrogen and oxygen atoms in total. The van der Waals surface area contributed by atoms with Crippen LogP contribution in [0.1, 0.15) is 24.2 Å². The maximum atomic E-state index is 12.0. The van der Waals surface area contributed by atoms with Crippen molar-refractivity contribution in [3.63, 3.8) is 0 Å². The maximum absolute atomic E-state index is 12.0. The SMILES string of the molecule is CC(C)(O)C(=O)c1ccc(OCC[N+](CC#N)(CCO)CCO)cc1.O=S(=O)([O-])c1ccc(Br)cc1. The highest BCUT2D eigenvalue weighted by atomic mass is 79.9. The molecule has 2 aromatic rings. The number of Topliss-reactive ketones (excluding diaryl/α,β-unsaturated/α-hetero) is 1. The minimum Gasteiger partial charge on any atom is -0.744 e. The van der Waals surface area contributed by atoms with Crippen molar-refractivity contribution < 1.29 is 42.3 Å². The Morgan fingerprint density at radius 3 is 2.00 bits per heavy atom. The fraction of sp³-hybridized carbons (Fsp3) is 0.417. The number of halogens is 1. The Hall–Kier alpha value is -2.37. The third-order valence-corrected chi connectivity index (χ3v) is 6.54. The highest BCUT2D eigenvalue weighted by Crippen LogP contribution is 2.18. The van der Waals surface area contributed by atoms with Gasteiger partial charge in [0.2, 0.25) is 0 Å². The van der Waals surface area contributed by atoms with Crippen LogP contribution in [-0.2, 0) is 10.1 Å². The number of hydrogen-bond acceptors (Lipinski definition) is 9. The molecule has 0 aliphatic rings. The Morgan fingerprint density at radius 2 is 1.58 bits per heavy atom. The van der Waals surface area contributed by atoms with Crippen molar-refractivity contribution in [1.82, 2.24) is 0 Å². The predicted molar refractivity (Wildman–Crippen MR) is 134 cm³/mol. The molecule has 0 aliphatic heterocycles. The zero-order valence-electron chi connectivity index (χ0n) is 20.1. The minimum atomic E-state index is -4.29. The van der Waals surface area contributed by atoms with Gasteiger partial charge in [0.25, 0.3) is 0 Å². The molecule has 0 unspecified atom stereocenters. The summed E-state index contributed by atoms with van der Waals surface area (Å²) in [6.45, 7) is 4.43. The van der Waals surface area contributed by atoms with Gasteiger partial charge < -0.3 is 29.1 Å². The molecule has 12 heteroatoms. The fourth-order valence-corrected chi connectivity index (χ4v) is 3.89. The maximum Gasteiger partial charge on any atom is 0.193 e. The van der Waals surface area contributed by atoms with E-state index in [1.165, 1.54) is 38.1 Å². The summed E-state index contributed by atoms with van der Waals surface area (Å²) in [6.07, 6.45) is 0. The van der Waals surface area contributed by atoms with E-state index in [0.29, 0.717) is 37.6 Å². The lowest BCUT2D eigenvalue weighted by atomic mass is 9.97. The van der Waals surface area contributed by atoms with Crippen LogP contribution in [0, 0.1) is 11.3 Å². The Bertz CT molecular complexity index is 1100. The van der Waals surface area contributed by atoms with Crippen LogP contribution in [0.5, 0.6) is 5.75 Å². The summed E-state index contributed by atoms with van der Waals surface area (Å²) >= 11 is 3.12. The van der Waals surface area contributed by atoms with Gasteiger partial charge in [-0.05, 0) is 62.4 Å². The average molecular weight is 587 g/mol. The first-order chi connectivity index (χ1) is 16.8. The van der Waals surface area contributed by atoms with Crippen LogP contribution in [0.2, 0.25) is 0 Å². The number of ketones is 1. The smallest absolute Gasteiger partial charge is 0.193 e. The molecule has 3 N–H and O–H groups in total. The number of nitriles is 1. The van der Waals surface area contributed by atoms with Gasteiger partial charge in [-0.25, -0.2) is 8.42 Å². The molecule has 0 saturated heterocycles. The third kappa shape index (κ3) is 10.7. The van der Waals surface area contributed by atoms with Gasteiger partial charge in [0, 0.05) is 10.0 Å². The summed E-state index contributed by atoms with van der Waals surface area (Å²) in [7, 11) is -4.29. The van der Waals surface area contributed by atoms with Crippen molar-refractivity contribution in [2.45, 2.75) is 24.3 Å². The molecule has 0 radical (unpaired) electrons. The monoisotopic (exact) mass is 586 g/mol. The lowest BCUT2D eigenvalue weighted by molar-refractivity contribution is -0.922. The number of aliphatic hydroxyl groups is 3. The summed E-state index contributed by atoms with van der Waals surface area (Å²) in [4.78, 5) is 11.8. The fourth-order valence-electron chi connectivity index (χ4n) is 3.16. The van der Waals surface area contributed by atoms with E-state index in [4.69, 9.17) is 10.00 Å². The number of carbonyl (C=O) groups is 1. The number of hydrogen-bond donors (Lipinski definition) is 3. The van der Waals surface area contributed by atoms with Gasteiger partial charge in [0.15, 0.2) is 12.3 Å². The molecule has 0 bridgehead atoms. The first-order valence-electron chi connectivity index (χ1n) is 10.9. The Balaban J connectivity index is 0.000000488. The molecular weight excluding hydrogens is 556 g/mol. The molecule has 0 aromatic heterocycles. The molecule has 0 aliphatic carbocycles. The van der Waals surface area contributed by atoms with Crippen molar-refractivity contribution in [2.24, 2.45) is 0 Å². The van der Waals surface area contributed by atoms with Gasteiger partial charge in [-0.3, -0.25) is 4.79 Å². The molecule has 2 rings (SSSR count). The van der Waals surface area contributed by atoms with Crippen LogP contribution < -0.4 is 4.74 Å². The van der Waals surface area contributed by atoms with Crippen LogP contribution in [0.15, 0.2) is 57.9 Å². The lowest BCUT2D eigenvalue weighted by Crippen LogP contribution is -2.54. The van der Waals surface area contributed by atoms with Crippen molar-refractivity contribution in [3.8, 4) is 11.8 Å². The molecule has 36 heavy (non-hydrogen) atoms. The summed E-state index contributed by atoms with van der Waals surface area (Å²) in [6, 6.07) is 14.1.